The van der Waals surface area contributed by atoms with Gasteiger partial charge in [-0.05, 0) is 30.2 Å². The molecule has 1 unspecified atom stereocenters. The lowest BCUT2D eigenvalue weighted by atomic mass is 9.98. The third-order valence-corrected chi connectivity index (χ3v) is 3.39. The Hall–Kier alpha value is -1.58. The first kappa shape index (κ1) is 11.5. The lowest BCUT2D eigenvalue weighted by Gasteiger charge is -2.28. The molecule has 0 fully saturated rings. The van der Waals surface area contributed by atoms with Crippen molar-refractivity contribution in [3.8, 4) is 0 Å². The molecule has 0 spiro atoms. The second kappa shape index (κ2) is 4.96. The van der Waals surface area contributed by atoms with Crippen molar-refractivity contribution in [3.63, 3.8) is 0 Å². The normalized spacial score (nSPS) is 20.4. The van der Waals surface area contributed by atoms with E-state index in [0.29, 0.717) is 13.2 Å². The maximum absolute atomic E-state index is 5.63. The van der Waals surface area contributed by atoms with Crippen LogP contribution in [0.1, 0.15) is 35.9 Å². The molecular formula is C15H17NO2. The van der Waals surface area contributed by atoms with Crippen LogP contribution in [0, 0.1) is 0 Å². The van der Waals surface area contributed by atoms with E-state index >= 15 is 0 Å². The fourth-order valence-corrected chi connectivity index (χ4v) is 2.44. The summed E-state index contributed by atoms with van der Waals surface area (Å²) in [6.07, 6.45) is 1.71. The predicted octanol–water partition coefficient (Wildman–Crippen LogP) is 3.20. The first-order chi connectivity index (χ1) is 8.84. The average Bonchev–Trinajstić information content (AvgIpc) is 2.93. The van der Waals surface area contributed by atoms with Gasteiger partial charge in [0, 0.05) is 0 Å². The highest BCUT2D eigenvalue weighted by Gasteiger charge is 2.22. The van der Waals surface area contributed by atoms with E-state index in [-0.39, 0.29) is 12.1 Å². The Balaban J connectivity index is 1.78. The van der Waals surface area contributed by atoms with Crippen LogP contribution in [0.5, 0.6) is 0 Å². The SMILES string of the molecule is C[C@@H](NC1COCc2ccccc21)c1ccco1. The molecule has 1 aromatic carbocycles. The van der Waals surface area contributed by atoms with Gasteiger partial charge in [-0.15, -0.1) is 0 Å². The topological polar surface area (TPSA) is 34.4 Å². The van der Waals surface area contributed by atoms with Crippen molar-refractivity contribution in [2.75, 3.05) is 6.61 Å². The summed E-state index contributed by atoms with van der Waals surface area (Å²) in [5, 5.41) is 3.56. The smallest absolute Gasteiger partial charge is 0.120 e. The maximum Gasteiger partial charge on any atom is 0.120 e. The van der Waals surface area contributed by atoms with Crippen LogP contribution in [0.4, 0.5) is 0 Å². The Kier molecular flexibility index (Phi) is 3.17. The molecule has 2 aromatic rings. The summed E-state index contributed by atoms with van der Waals surface area (Å²) in [6, 6.07) is 12.8. The summed E-state index contributed by atoms with van der Waals surface area (Å²) in [4.78, 5) is 0. The molecule has 2 atom stereocenters. The fourth-order valence-electron chi connectivity index (χ4n) is 2.44. The molecular weight excluding hydrogens is 226 g/mol. The number of furan rings is 1. The van der Waals surface area contributed by atoms with Crippen LogP contribution >= 0.6 is 0 Å². The molecule has 0 aliphatic carbocycles. The van der Waals surface area contributed by atoms with Crippen LogP contribution in [0.3, 0.4) is 0 Å². The average molecular weight is 243 g/mol. The minimum Gasteiger partial charge on any atom is -0.468 e. The van der Waals surface area contributed by atoms with E-state index in [1.807, 2.05) is 12.1 Å². The van der Waals surface area contributed by atoms with Crippen molar-refractivity contribution in [1.82, 2.24) is 5.32 Å². The van der Waals surface area contributed by atoms with Gasteiger partial charge in [-0.25, -0.2) is 0 Å². The van der Waals surface area contributed by atoms with Gasteiger partial charge in [0.15, 0.2) is 0 Å². The Morgan fingerprint density at radius 3 is 2.94 bits per heavy atom. The summed E-state index contributed by atoms with van der Waals surface area (Å²) in [5.74, 6) is 0.957. The van der Waals surface area contributed by atoms with E-state index in [9.17, 15) is 0 Å². The molecule has 18 heavy (non-hydrogen) atoms. The van der Waals surface area contributed by atoms with Crippen molar-refractivity contribution in [3.05, 3.63) is 59.5 Å². The lowest BCUT2D eigenvalue weighted by molar-refractivity contribution is 0.0782. The summed E-state index contributed by atoms with van der Waals surface area (Å²) < 4.78 is 11.1. The highest BCUT2D eigenvalue weighted by Crippen LogP contribution is 2.27. The molecule has 1 N–H and O–H groups in total. The Morgan fingerprint density at radius 1 is 1.22 bits per heavy atom. The standard InChI is InChI=1S/C15H17NO2/c1-11(15-7-4-8-18-15)16-14-10-17-9-12-5-2-3-6-13(12)14/h2-8,11,14,16H,9-10H2,1H3/t11-,14?/m1/s1. The number of benzene rings is 1. The summed E-state index contributed by atoms with van der Waals surface area (Å²) in [6.45, 7) is 3.53. The fraction of sp³-hybridized carbons (Fsp3) is 0.333. The van der Waals surface area contributed by atoms with Crippen LogP contribution in [0.15, 0.2) is 47.1 Å². The largest absolute Gasteiger partial charge is 0.468 e. The van der Waals surface area contributed by atoms with Gasteiger partial charge in [0.1, 0.15) is 5.76 Å². The summed E-state index contributed by atoms with van der Waals surface area (Å²) in [7, 11) is 0. The van der Waals surface area contributed by atoms with Gasteiger partial charge in [-0.2, -0.15) is 0 Å². The quantitative estimate of drug-likeness (QED) is 0.899. The zero-order valence-corrected chi connectivity index (χ0v) is 10.4. The molecule has 3 heteroatoms. The van der Waals surface area contributed by atoms with Crippen LogP contribution in [-0.2, 0) is 11.3 Å². The van der Waals surface area contributed by atoms with Gasteiger partial charge in [-0.1, -0.05) is 24.3 Å². The molecule has 0 radical (unpaired) electrons. The van der Waals surface area contributed by atoms with Crippen LogP contribution in [-0.4, -0.2) is 6.61 Å². The van der Waals surface area contributed by atoms with Gasteiger partial charge in [0.2, 0.25) is 0 Å². The zero-order valence-electron chi connectivity index (χ0n) is 10.4. The minimum absolute atomic E-state index is 0.180. The van der Waals surface area contributed by atoms with Crippen molar-refractivity contribution >= 4 is 0 Å². The monoisotopic (exact) mass is 243 g/mol. The third kappa shape index (κ3) is 2.19. The lowest BCUT2D eigenvalue weighted by Crippen LogP contribution is -2.31. The number of nitrogens with one attached hydrogen (secondary N) is 1. The molecule has 0 amide bonds. The van der Waals surface area contributed by atoms with E-state index in [4.69, 9.17) is 9.15 Å². The summed E-state index contributed by atoms with van der Waals surface area (Å²) in [5.41, 5.74) is 2.61. The van der Waals surface area contributed by atoms with E-state index < -0.39 is 0 Å². The minimum atomic E-state index is 0.180. The van der Waals surface area contributed by atoms with Gasteiger partial charge in [0.05, 0.1) is 31.6 Å². The van der Waals surface area contributed by atoms with Crippen LogP contribution in [0.25, 0.3) is 0 Å². The van der Waals surface area contributed by atoms with Gasteiger partial charge < -0.3 is 9.15 Å². The molecule has 3 rings (SSSR count). The van der Waals surface area contributed by atoms with E-state index in [2.05, 4.69) is 36.5 Å². The van der Waals surface area contributed by atoms with Crippen molar-refractivity contribution < 1.29 is 9.15 Å². The number of hydrogen-bond donors (Lipinski definition) is 1. The number of hydrogen-bond acceptors (Lipinski definition) is 3. The first-order valence-corrected chi connectivity index (χ1v) is 6.29. The number of fused-ring (bicyclic) bond motifs is 1. The second-order valence-corrected chi connectivity index (χ2v) is 4.67. The zero-order chi connectivity index (χ0) is 12.4. The Bertz CT molecular complexity index is 507. The molecule has 0 bridgehead atoms. The maximum atomic E-state index is 5.63. The highest BCUT2D eigenvalue weighted by molar-refractivity contribution is 5.31. The molecule has 0 saturated carbocycles. The van der Waals surface area contributed by atoms with Crippen molar-refractivity contribution in [1.29, 1.82) is 0 Å². The van der Waals surface area contributed by atoms with Gasteiger partial charge >= 0.3 is 0 Å². The number of ether oxygens (including phenoxy) is 1. The molecule has 0 saturated heterocycles. The molecule has 1 aliphatic heterocycles. The number of rotatable bonds is 3. The highest BCUT2D eigenvalue weighted by atomic mass is 16.5. The molecule has 94 valence electrons. The van der Waals surface area contributed by atoms with Crippen molar-refractivity contribution in [2.24, 2.45) is 0 Å². The first-order valence-electron chi connectivity index (χ1n) is 6.29. The van der Waals surface area contributed by atoms with Gasteiger partial charge in [0.25, 0.3) is 0 Å². The molecule has 1 aromatic heterocycles. The van der Waals surface area contributed by atoms with Crippen molar-refractivity contribution in [2.45, 2.75) is 25.6 Å². The second-order valence-electron chi connectivity index (χ2n) is 4.67. The van der Waals surface area contributed by atoms with E-state index in [0.717, 1.165) is 5.76 Å². The molecule has 3 nitrogen and oxygen atoms in total. The van der Waals surface area contributed by atoms with Crippen LogP contribution in [0.2, 0.25) is 0 Å². The predicted molar refractivity (Wildman–Crippen MR) is 69.1 cm³/mol. The van der Waals surface area contributed by atoms with E-state index in [1.54, 1.807) is 6.26 Å². The van der Waals surface area contributed by atoms with Crippen LogP contribution < -0.4 is 5.32 Å². The Labute approximate surface area is 107 Å². The molecule has 1 aliphatic rings. The summed E-state index contributed by atoms with van der Waals surface area (Å²) >= 11 is 0. The van der Waals surface area contributed by atoms with Gasteiger partial charge in [-0.3, -0.25) is 5.32 Å². The molecule has 2 heterocycles. The third-order valence-electron chi connectivity index (χ3n) is 3.39. The Morgan fingerprint density at radius 2 is 2.11 bits per heavy atom. The van der Waals surface area contributed by atoms with E-state index in [1.165, 1.54) is 11.1 Å².